The number of thiazole rings is 1. The fraction of sp³-hybridized carbons (Fsp3) is 0.192. The third kappa shape index (κ3) is 6.68. The van der Waals surface area contributed by atoms with E-state index in [1.807, 2.05) is 77.5 Å². The van der Waals surface area contributed by atoms with E-state index in [-0.39, 0.29) is 11.9 Å². The molecule has 2 atom stereocenters. The number of carbonyl (C=O) groups excluding carboxylic acids is 2. The molecule has 0 bridgehead atoms. The number of nitrogen functional groups attached to an aromatic ring is 1. The molecule has 180 valence electrons. The number of nitrogens with zero attached hydrogens (tertiary/aromatic N) is 1. The second kappa shape index (κ2) is 11.6. The van der Waals surface area contributed by atoms with Gasteiger partial charge in [-0.05, 0) is 41.1 Å². The highest BCUT2D eigenvalue weighted by atomic mass is 32.1. The quantitative estimate of drug-likeness (QED) is 0.282. The summed E-state index contributed by atoms with van der Waals surface area (Å²) in [7, 11) is 1.28. The van der Waals surface area contributed by atoms with Crippen LogP contribution in [0.1, 0.15) is 22.2 Å². The van der Waals surface area contributed by atoms with Crippen molar-refractivity contribution in [1.29, 1.82) is 0 Å². The molecule has 0 aliphatic rings. The van der Waals surface area contributed by atoms with Crippen LogP contribution in [0.5, 0.6) is 0 Å². The maximum Gasteiger partial charge on any atom is 0.407 e. The van der Waals surface area contributed by atoms with Crippen LogP contribution >= 0.6 is 22.7 Å². The third-order valence-electron chi connectivity index (χ3n) is 5.41. The van der Waals surface area contributed by atoms with Crippen LogP contribution in [-0.4, -0.2) is 30.1 Å². The molecule has 7 nitrogen and oxygen atoms in total. The Morgan fingerprint density at radius 1 is 0.943 bits per heavy atom. The van der Waals surface area contributed by atoms with Gasteiger partial charge in [0, 0.05) is 17.5 Å². The van der Waals surface area contributed by atoms with Crippen molar-refractivity contribution < 1.29 is 14.3 Å². The summed E-state index contributed by atoms with van der Waals surface area (Å²) >= 11 is 3.12. The number of aromatic nitrogens is 1. The van der Waals surface area contributed by atoms with Crippen LogP contribution < -0.4 is 16.4 Å². The minimum Gasteiger partial charge on any atom is -0.453 e. The highest BCUT2D eigenvalue weighted by molar-refractivity contribution is 7.14. The van der Waals surface area contributed by atoms with Gasteiger partial charge < -0.3 is 21.1 Å². The number of rotatable bonds is 9. The average Bonchev–Trinajstić information content (AvgIpc) is 3.57. The van der Waals surface area contributed by atoms with Gasteiger partial charge in [-0.1, -0.05) is 48.5 Å². The van der Waals surface area contributed by atoms with Gasteiger partial charge in [-0.25, -0.2) is 9.78 Å². The summed E-state index contributed by atoms with van der Waals surface area (Å²) in [5.74, 6) is -0.312. The lowest BCUT2D eigenvalue weighted by Gasteiger charge is -2.22. The van der Waals surface area contributed by atoms with Gasteiger partial charge in [-0.3, -0.25) is 4.79 Å². The van der Waals surface area contributed by atoms with Gasteiger partial charge in [-0.15, -0.1) is 22.7 Å². The maximum atomic E-state index is 13.4. The lowest BCUT2D eigenvalue weighted by molar-refractivity contribution is -0.123. The molecule has 2 aromatic carbocycles. The van der Waals surface area contributed by atoms with Crippen LogP contribution in [0.25, 0.3) is 10.6 Å². The van der Waals surface area contributed by atoms with Gasteiger partial charge in [0.1, 0.15) is 11.0 Å². The number of alkyl carbamates (subject to hydrolysis) is 1. The summed E-state index contributed by atoms with van der Waals surface area (Å²) in [4.78, 5) is 31.3. The van der Waals surface area contributed by atoms with Gasteiger partial charge >= 0.3 is 6.09 Å². The summed E-state index contributed by atoms with van der Waals surface area (Å²) in [6.45, 7) is 0. The average molecular weight is 507 g/mol. The van der Waals surface area contributed by atoms with Crippen molar-refractivity contribution in [3.05, 3.63) is 93.6 Å². The Morgan fingerprint density at radius 3 is 2.37 bits per heavy atom. The van der Waals surface area contributed by atoms with E-state index in [9.17, 15) is 9.59 Å². The smallest absolute Gasteiger partial charge is 0.407 e. The van der Waals surface area contributed by atoms with Gasteiger partial charge in [0.15, 0.2) is 0 Å². The minimum atomic E-state index is -0.810. The second-order valence-electron chi connectivity index (χ2n) is 7.93. The normalized spacial score (nSPS) is 12.5. The number of nitrogens with two attached hydrogens (primary N) is 1. The molecule has 0 fully saturated rings. The van der Waals surface area contributed by atoms with Crippen LogP contribution in [0.2, 0.25) is 0 Å². The Balaban J connectivity index is 1.59. The minimum absolute atomic E-state index is 0.312. The number of anilines is 1. The molecule has 0 radical (unpaired) electrons. The first kappa shape index (κ1) is 24.4. The second-order valence-corrected chi connectivity index (χ2v) is 9.77. The Kier molecular flexibility index (Phi) is 8.12. The molecule has 2 aromatic heterocycles. The molecule has 0 spiro atoms. The zero-order chi connectivity index (χ0) is 24.6. The van der Waals surface area contributed by atoms with Crippen molar-refractivity contribution in [1.82, 2.24) is 15.6 Å². The summed E-state index contributed by atoms with van der Waals surface area (Å²) in [6.07, 6.45) is 0.194. The first-order valence-electron chi connectivity index (χ1n) is 11.0. The van der Waals surface area contributed by atoms with Gasteiger partial charge in [-0.2, -0.15) is 0 Å². The number of thiophene rings is 1. The molecule has 4 aromatic rings. The van der Waals surface area contributed by atoms with Crippen molar-refractivity contribution in [3.8, 4) is 10.6 Å². The van der Waals surface area contributed by atoms with Crippen molar-refractivity contribution in [3.63, 3.8) is 0 Å². The molecule has 0 saturated heterocycles. The molecule has 2 amide bonds. The lowest BCUT2D eigenvalue weighted by atomic mass is 10.0. The topological polar surface area (TPSA) is 106 Å². The first-order chi connectivity index (χ1) is 17.0. The summed E-state index contributed by atoms with van der Waals surface area (Å²) in [6, 6.07) is 19.9. The highest BCUT2D eigenvalue weighted by Gasteiger charge is 2.26. The molecule has 0 aliphatic carbocycles. The van der Waals surface area contributed by atoms with E-state index in [0.29, 0.717) is 18.5 Å². The highest BCUT2D eigenvalue weighted by Crippen LogP contribution is 2.30. The number of benzene rings is 2. The Morgan fingerprint density at radius 2 is 1.69 bits per heavy atom. The summed E-state index contributed by atoms with van der Waals surface area (Å²) in [5, 5.41) is 10.6. The first-order valence-corrected chi connectivity index (χ1v) is 12.8. The van der Waals surface area contributed by atoms with Crippen LogP contribution in [0.3, 0.4) is 0 Å². The molecule has 9 heteroatoms. The molecule has 4 rings (SSSR count). The van der Waals surface area contributed by atoms with E-state index in [0.717, 1.165) is 26.7 Å². The van der Waals surface area contributed by atoms with Crippen molar-refractivity contribution in [2.75, 3.05) is 12.8 Å². The van der Waals surface area contributed by atoms with E-state index in [1.54, 1.807) is 11.3 Å². The summed E-state index contributed by atoms with van der Waals surface area (Å²) in [5.41, 5.74) is 9.34. The molecule has 0 aliphatic heterocycles. The molecular formula is C26H26N4O3S2. The van der Waals surface area contributed by atoms with Gasteiger partial charge in [0.2, 0.25) is 5.91 Å². The zero-order valence-electron chi connectivity index (χ0n) is 19.1. The molecule has 35 heavy (non-hydrogen) atoms. The largest absolute Gasteiger partial charge is 0.453 e. The molecule has 2 heterocycles. The van der Waals surface area contributed by atoms with Crippen LogP contribution in [0.4, 0.5) is 10.5 Å². The summed E-state index contributed by atoms with van der Waals surface area (Å²) < 4.78 is 4.76. The van der Waals surface area contributed by atoms with Crippen LogP contribution in [-0.2, 0) is 22.4 Å². The predicted molar refractivity (Wildman–Crippen MR) is 140 cm³/mol. The fourth-order valence-corrected chi connectivity index (χ4v) is 5.24. The number of hydrogen-bond donors (Lipinski definition) is 3. The van der Waals surface area contributed by atoms with Crippen LogP contribution in [0, 0.1) is 0 Å². The predicted octanol–water partition coefficient (Wildman–Crippen LogP) is 4.82. The molecular weight excluding hydrogens is 480 g/mol. The Hall–Kier alpha value is -3.69. The molecule has 2 unspecified atom stereocenters. The number of amides is 2. The monoisotopic (exact) mass is 506 g/mol. The van der Waals surface area contributed by atoms with Crippen molar-refractivity contribution >= 4 is 40.4 Å². The zero-order valence-corrected chi connectivity index (χ0v) is 20.8. The lowest BCUT2D eigenvalue weighted by Crippen LogP contribution is -2.49. The van der Waals surface area contributed by atoms with Crippen molar-refractivity contribution in [2.24, 2.45) is 0 Å². The standard InChI is InChI=1S/C26H26N4O3S2/c1-33-26(32)30-20(14-17-6-3-2-4-7-17)24(31)28-21(15-18-9-11-19(27)12-10-18)25-29-22(16-35-25)23-8-5-13-34-23/h2-13,16,20-21H,14-15,27H2,1H3,(H,28,31)(H,30,32). The Bertz CT molecular complexity index is 1240. The van der Waals surface area contributed by atoms with Gasteiger partial charge in [0.25, 0.3) is 0 Å². The van der Waals surface area contributed by atoms with E-state index >= 15 is 0 Å². The van der Waals surface area contributed by atoms with E-state index in [1.165, 1.54) is 18.4 Å². The van der Waals surface area contributed by atoms with E-state index < -0.39 is 12.1 Å². The fourth-order valence-electron chi connectivity index (χ4n) is 3.61. The van der Waals surface area contributed by atoms with Crippen molar-refractivity contribution in [2.45, 2.75) is 24.9 Å². The van der Waals surface area contributed by atoms with Gasteiger partial charge in [0.05, 0.1) is 23.7 Å². The number of nitrogens with one attached hydrogen (secondary N) is 2. The number of ether oxygens (including phenoxy) is 1. The van der Waals surface area contributed by atoms with E-state index in [2.05, 4.69) is 10.6 Å². The maximum absolute atomic E-state index is 13.4. The van der Waals surface area contributed by atoms with E-state index in [4.69, 9.17) is 15.5 Å². The number of hydrogen-bond acceptors (Lipinski definition) is 7. The number of methoxy groups -OCH3 is 1. The van der Waals surface area contributed by atoms with Crippen LogP contribution in [0.15, 0.2) is 77.5 Å². The molecule has 4 N–H and O–H groups in total. The SMILES string of the molecule is COC(=O)NC(Cc1ccccc1)C(=O)NC(Cc1ccc(N)cc1)c1nc(-c2cccs2)cs1. The number of carbonyl (C=O) groups is 2. The molecule has 0 saturated carbocycles. The Labute approximate surface area is 212 Å². The third-order valence-corrected chi connectivity index (χ3v) is 7.26.